The van der Waals surface area contributed by atoms with Crippen molar-refractivity contribution in [1.29, 1.82) is 0 Å². The van der Waals surface area contributed by atoms with Crippen LogP contribution < -0.4 is 5.32 Å². The van der Waals surface area contributed by atoms with Crippen molar-refractivity contribution in [2.45, 2.75) is 6.54 Å². The lowest BCUT2D eigenvalue weighted by Gasteiger charge is -2.08. The third-order valence-electron chi connectivity index (χ3n) is 3.87. The summed E-state index contributed by atoms with van der Waals surface area (Å²) < 4.78 is 16.4. The van der Waals surface area contributed by atoms with Gasteiger partial charge in [0.1, 0.15) is 16.0 Å². The Morgan fingerprint density at radius 3 is 2.72 bits per heavy atom. The number of imidazole rings is 1. The topological polar surface area (TPSA) is 46.9 Å². The second-order valence-electron chi connectivity index (χ2n) is 5.49. The number of carbonyl (C=O) groups is 1. The standard InChI is InChI=1S/C18H12FN3OS2/c19-12-6-2-1-5-11(12)10-22-14-8-4-3-7-13(14)20-16(22)9-15-17(23)21-18(24)25-15/h1-9H,10H2,(H,21,23,24)/b15-9-. The third kappa shape index (κ3) is 3.08. The number of thiocarbonyl (C=S) groups is 1. The van der Waals surface area contributed by atoms with Crippen molar-refractivity contribution in [3.8, 4) is 0 Å². The number of amides is 1. The summed E-state index contributed by atoms with van der Waals surface area (Å²) in [5.74, 6) is 0.0827. The molecule has 0 spiro atoms. The quantitative estimate of drug-likeness (QED) is 0.565. The summed E-state index contributed by atoms with van der Waals surface area (Å²) in [6.07, 6.45) is 1.69. The van der Waals surface area contributed by atoms with Gasteiger partial charge in [0.2, 0.25) is 0 Å². The fraction of sp³-hybridized carbons (Fsp3) is 0.0556. The van der Waals surface area contributed by atoms with E-state index in [2.05, 4.69) is 10.3 Å². The van der Waals surface area contributed by atoms with Crippen molar-refractivity contribution in [1.82, 2.24) is 14.9 Å². The molecule has 2 heterocycles. The van der Waals surface area contributed by atoms with Gasteiger partial charge >= 0.3 is 0 Å². The number of hydrogen-bond acceptors (Lipinski definition) is 4. The monoisotopic (exact) mass is 369 g/mol. The van der Waals surface area contributed by atoms with E-state index in [1.54, 1.807) is 24.3 Å². The fourth-order valence-electron chi connectivity index (χ4n) is 2.71. The van der Waals surface area contributed by atoms with Gasteiger partial charge < -0.3 is 9.88 Å². The second-order valence-corrected chi connectivity index (χ2v) is 7.21. The molecule has 0 atom stereocenters. The number of thioether (sulfide) groups is 1. The molecule has 0 unspecified atom stereocenters. The highest BCUT2D eigenvalue weighted by Crippen LogP contribution is 2.27. The molecule has 124 valence electrons. The van der Waals surface area contributed by atoms with E-state index in [1.807, 2.05) is 28.8 Å². The first-order valence-electron chi connectivity index (χ1n) is 7.55. The van der Waals surface area contributed by atoms with E-state index in [1.165, 1.54) is 17.8 Å². The summed E-state index contributed by atoms with van der Waals surface area (Å²) >= 11 is 6.22. The maximum Gasteiger partial charge on any atom is 0.263 e. The fourth-order valence-corrected chi connectivity index (χ4v) is 3.72. The zero-order chi connectivity index (χ0) is 17.4. The number of benzene rings is 2. The average molecular weight is 369 g/mol. The molecule has 1 amide bonds. The predicted molar refractivity (Wildman–Crippen MR) is 102 cm³/mol. The summed E-state index contributed by atoms with van der Waals surface area (Å²) in [5.41, 5.74) is 2.23. The summed E-state index contributed by atoms with van der Waals surface area (Å²) in [7, 11) is 0. The smallest absolute Gasteiger partial charge is 0.263 e. The number of fused-ring (bicyclic) bond motifs is 1. The molecule has 0 saturated carbocycles. The number of aromatic nitrogens is 2. The Morgan fingerprint density at radius 1 is 1.20 bits per heavy atom. The highest BCUT2D eigenvalue weighted by molar-refractivity contribution is 8.26. The number of para-hydroxylation sites is 2. The van der Waals surface area contributed by atoms with E-state index in [0.717, 1.165) is 11.0 Å². The third-order valence-corrected chi connectivity index (χ3v) is 5.04. The molecule has 1 N–H and O–H groups in total. The molecule has 0 bridgehead atoms. The van der Waals surface area contributed by atoms with Crippen molar-refractivity contribution in [3.63, 3.8) is 0 Å². The van der Waals surface area contributed by atoms with Gasteiger partial charge in [-0.2, -0.15) is 0 Å². The summed E-state index contributed by atoms with van der Waals surface area (Å²) in [4.78, 5) is 17.0. The lowest BCUT2D eigenvalue weighted by Crippen LogP contribution is -2.17. The number of nitrogens with zero attached hydrogens (tertiary/aromatic N) is 2. The zero-order valence-corrected chi connectivity index (χ0v) is 14.5. The molecule has 7 heteroatoms. The van der Waals surface area contributed by atoms with Crippen molar-refractivity contribution in [3.05, 3.63) is 70.6 Å². The molecule has 1 aromatic heterocycles. The van der Waals surface area contributed by atoms with E-state index < -0.39 is 0 Å². The Hall–Kier alpha value is -2.51. The second kappa shape index (κ2) is 6.42. The minimum Gasteiger partial charge on any atom is -0.320 e. The summed E-state index contributed by atoms with van der Waals surface area (Å²) in [5, 5.41) is 2.59. The van der Waals surface area contributed by atoms with Crippen molar-refractivity contribution >= 4 is 51.3 Å². The number of carbonyl (C=O) groups excluding carboxylic acids is 1. The van der Waals surface area contributed by atoms with E-state index in [0.29, 0.717) is 27.2 Å². The van der Waals surface area contributed by atoms with Gasteiger partial charge in [0, 0.05) is 11.6 Å². The Balaban J connectivity index is 1.84. The van der Waals surface area contributed by atoms with Crippen molar-refractivity contribution < 1.29 is 9.18 Å². The summed E-state index contributed by atoms with van der Waals surface area (Å²) in [6.45, 7) is 0.322. The SMILES string of the molecule is O=C1NC(=S)S/C1=C\c1nc2ccccc2n1Cc1ccccc1F. The molecular formula is C18H12FN3OS2. The van der Waals surface area contributed by atoms with Gasteiger partial charge in [-0.3, -0.25) is 4.79 Å². The van der Waals surface area contributed by atoms with Gasteiger partial charge in [-0.15, -0.1) is 0 Å². The minimum atomic E-state index is -0.270. The summed E-state index contributed by atoms with van der Waals surface area (Å²) in [6, 6.07) is 14.3. The van der Waals surface area contributed by atoms with Crippen LogP contribution in [0.25, 0.3) is 17.1 Å². The molecule has 2 aromatic carbocycles. The lowest BCUT2D eigenvalue weighted by molar-refractivity contribution is -0.115. The number of nitrogens with one attached hydrogen (secondary N) is 1. The lowest BCUT2D eigenvalue weighted by atomic mass is 10.2. The van der Waals surface area contributed by atoms with Gasteiger partial charge in [-0.05, 0) is 18.2 Å². The highest BCUT2D eigenvalue weighted by Gasteiger charge is 2.23. The Labute approximate surface area is 152 Å². The van der Waals surface area contributed by atoms with Crippen LogP contribution in [0.15, 0.2) is 53.4 Å². The van der Waals surface area contributed by atoms with Gasteiger partial charge in [-0.25, -0.2) is 9.37 Å². The maximum atomic E-state index is 14.1. The first-order chi connectivity index (χ1) is 12.1. The number of rotatable bonds is 3. The maximum absolute atomic E-state index is 14.1. The van der Waals surface area contributed by atoms with Gasteiger partial charge in [-0.1, -0.05) is 54.3 Å². The van der Waals surface area contributed by atoms with Crippen molar-refractivity contribution in [2.75, 3.05) is 0 Å². The molecular weight excluding hydrogens is 357 g/mol. The van der Waals surface area contributed by atoms with Crippen LogP contribution >= 0.6 is 24.0 Å². The van der Waals surface area contributed by atoms with E-state index in [9.17, 15) is 9.18 Å². The molecule has 1 aliphatic rings. The van der Waals surface area contributed by atoms with E-state index in [4.69, 9.17) is 12.2 Å². The number of halogens is 1. The van der Waals surface area contributed by atoms with Crippen LogP contribution in [0.3, 0.4) is 0 Å². The van der Waals surface area contributed by atoms with Crippen LogP contribution in [0.5, 0.6) is 0 Å². The Kier molecular flexibility index (Phi) is 4.10. The van der Waals surface area contributed by atoms with Gasteiger partial charge in [0.15, 0.2) is 0 Å². The molecule has 1 saturated heterocycles. The van der Waals surface area contributed by atoms with Crippen LogP contribution in [0.4, 0.5) is 4.39 Å². The molecule has 25 heavy (non-hydrogen) atoms. The molecule has 3 aromatic rings. The van der Waals surface area contributed by atoms with Gasteiger partial charge in [0.05, 0.1) is 22.5 Å². The molecule has 0 aliphatic carbocycles. The molecule has 0 radical (unpaired) electrons. The highest BCUT2D eigenvalue weighted by atomic mass is 32.2. The van der Waals surface area contributed by atoms with E-state index >= 15 is 0 Å². The van der Waals surface area contributed by atoms with Crippen LogP contribution in [0.2, 0.25) is 0 Å². The van der Waals surface area contributed by atoms with Crippen LogP contribution in [-0.2, 0) is 11.3 Å². The van der Waals surface area contributed by atoms with E-state index in [-0.39, 0.29) is 11.7 Å². The first-order valence-corrected chi connectivity index (χ1v) is 8.78. The Morgan fingerprint density at radius 2 is 1.96 bits per heavy atom. The predicted octanol–water partition coefficient (Wildman–Crippen LogP) is 3.71. The molecule has 1 aliphatic heterocycles. The van der Waals surface area contributed by atoms with Crippen LogP contribution in [-0.4, -0.2) is 19.8 Å². The molecule has 1 fully saturated rings. The molecule has 4 nitrogen and oxygen atoms in total. The van der Waals surface area contributed by atoms with Crippen LogP contribution in [0.1, 0.15) is 11.4 Å². The minimum absolute atomic E-state index is 0.237. The zero-order valence-electron chi connectivity index (χ0n) is 12.9. The largest absolute Gasteiger partial charge is 0.320 e. The average Bonchev–Trinajstić information content (AvgIpc) is 3.10. The molecule has 4 rings (SSSR count). The Bertz CT molecular complexity index is 1040. The first kappa shape index (κ1) is 16.0. The van der Waals surface area contributed by atoms with Crippen LogP contribution in [0, 0.1) is 5.82 Å². The normalized spacial score (nSPS) is 16.0. The number of hydrogen-bond donors (Lipinski definition) is 1. The van der Waals surface area contributed by atoms with Gasteiger partial charge in [0.25, 0.3) is 5.91 Å². The van der Waals surface area contributed by atoms with Crippen molar-refractivity contribution in [2.24, 2.45) is 0 Å².